The summed E-state index contributed by atoms with van der Waals surface area (Å²) in [5, 5.41) is 3.41. The fourth-order valence-corrected chi connectivity index (χ4v) is 2.89. The number of pyridine rings is 1. The van der Waals surface area contributed by atoms with Crippen molar-refractivity contribution in [3.8, 4) is 5.88 Å². The van der Waals surface area contributed by atoms with Crippen LogP contribution in [-0.2, 0) is 19.5 Å². The molecule has 0 unspecified atom stereocenters. The van der Waals surface area contributed by atoms with Gasteiger partial charge in [0.15, 0.2) is 5.96 Å². The predicted octanol–water partition coefficient (Wildman–Crippen LogP) is 3.23. The molecule has 0 aliphatic carbocycles. The number of fused-ring (bicyclic) bond motifs is 1. The summed E-state index contributed by atoms with van der Waals surface area (Å²) in [5.41, 5.74) is 3.91. The molecule has 0 radical (unpaired) electrons. The van der Waals surface area contributed by atoms with Gasteiger partial charge in [-0.1, -0.05) is 30.3 Å². The number of hydrogen-bond acceptors (Lipinski definition) is 3. The van der Waals surface area contributed by atoms with E-state index < -0.39 is 0 Å². The molecule has 6 heteroatoms. The summed E-state index contributed by atoms with van der Waals surface area (Å²) in [6, 6.07) is 12.5. The Morgan fingerprint density at radius 1 is 1.24 bits per heavy atom. The molecule has 0 saturated heterocycles. The van der Waals surface area contributed by atoms with Gasteiger partial charge in [0.05, 0.1) is 13.7 Å². The molecule has 0 atom stereocenters. The molecule has 0 bridgehead atoms. The normalized spacial score (nSPS) is 13.7. The van der Waals surface area contributed by atoms with Gasteiger partial charge in [-0.05, 0) is 30.0 Å². The first-order chi connectivity index (χ1) is 11.8. The summed E-state index contributed by atoms with van der Waals surface area (Å²) < 4.78 is 5.09. The summed E-state index contributed by atoms with van der Waals surface area (Å²) in [7, 11) is 1.62. The molecule has 2 heterocycles. The Bertz CT molecular complexity index is 703. The number of rotatable bonds is 4. The first kappa shape index (κ1) is 19.5. The number of benzene rings is 1. The number of halogens is 1. The molecule has 5 nitrogen and oxygen atoms in total. The Kier molecular flexibility index (Phi) is 7.49. The van der Waals surface area contributed by atoms with Gasteiger partial charge in [0.1, 0.15) is 0 Å². The Labute approximate surface area is 166 Å². The lowest BCUT2D eigenvalue weighted by atomic mass is 10.0. The molecule has 1 aromatic heterocycles. The number of ether oxygens (including phenoxy) is 1. The van der Waals surface area contributed by atoms with E-state index in [1.165, 1.54) is 11.1 Å². The van der Waals surface area contributed by atoms with Crippen molar-refractivity contribution >= 4 is 29.9 Å². The smallest absolute Gasteiger partial charge is 0.212 e. The Balaban J connectivity index is 0.00000225. The van der Waals surface area contributed by atoms with Crippen molar-refractivity contribution in [2.75, 3.05) is 20.2 Å². The molecule has 0 spiro atoms. The van der Waals surface area contributed by atoms with Gasteiger partial charge in [0.2, 0.25) is 5.88 Å². The standard InChI is InChI=1S/C19H24N4O.HI/c1-3-20-19(22-13-15-8-9-18(24-2)21-12-15)23-11-10-16-6-4-5-7-17(16)14-23;/h4-9,12H,3,10-11,13-14H2,1-2H3,(H,20,22);1H. The van der Waals surface area contributed by atoms with E-state index in [1.807, 2.05) is 18.3 Å². The lowest BCUT2D eigenvalue weighted by Crippen LogP contribution is -2.44. The molecule has 134 valence electrons. The molecule has 3 rings (SSSR count). The zero-order valence-corrected chi connectivity index (χ0v) is 17.1. The second-order valence-corrected chi connectivity index (χ2v) is 5.82. The van der Waals surface area contributed by atoms with E-state index in [-0.39, 0.29) is 24.0 Å². The van der Waals surface area contributed by atoms with Gasteiger partial charge in [-0.25, -0.2) is 9.98 Å². The van der Waals surface area contributed by atoms with E-state index in [9.17, 15) is 0 Å². The number of aliphatic imine (C=N–C) groups is 1. The monoisotopic (exact) mass is 452 g/mol. The highest BCUT2D eigenvalue weighted by Gasteiger charge is 2.18. The maximum absolute atomic E-state index is 5.09. The van der Waals surface area contributed by atoms with E-state index >= 15 is 0 Å². The largest absolute Gasteiger partial charge is 0.481 e. The van der Waals surface area contributed by atoms with E-state index in [4.69, 9.17) is 9.73 Å². The average Bonchev–Trinajstić information content (AvgIpc) is 2.65. The van der Waals surface area contributed by atoms with Crippen LogP contribution in [0.2, 0.25) is 0 Å². The van der Waals surface area contributed by atoms with Gasteiger partial charge < -0.3 is 15.0 Å². The molecule has 1 N–H and O–H groups in total. The molecule has 0 amide bonds. The van der Waals surface area contributed by atoms with Crippen LogP contribution < -0.4 is 10.1 Å². The van der Waals surface area contributed by atoms with E-state index in [2.05, 4.69) is 46.4 Å². The van der Waals surface area contributed by atoms with Gasteiger partial charge in [0, 0.05) is 31.9 Å². The van der Waals surface area contributed by atoms with Crippen LogP contribution in [0.5, 0.6) is 5.88 Å². The van der Waals surface area contributed by atoms with Crippen molar-refractivity contribution in [3.63, 3.8) is 0 Å². The SMILES string of the molecule is CCNC(=NCc1ccc(OC)nc1)N1CCc2ccccc2C1.I. The van der Waals surface area contributed by atoms with E-state index in [1.54, 1.807) is 7.11 Å². The minimum absolute atomic E-state index is 0. The predicted molar refractivity (Wildman–Crippen MR) is 112 cm³/mol. The molecule has 1 aromatic carbocycles. The Morgan fingerprint density at radius 3 is 2.72 bits per heavy atom. The first-order valence-electron chi connectivity index (χ1n) is 8.39. The summed E-state index contributed by atoms with van der Waals surface area (Å²) >= 11 is 0. The highest BCUT2D eigenvalue weighted by Crippen LogP contribution is 2.18. The van der Waals surface area contributed by atoms with Crippen LogP contribution in [0.1, 0.15) is 23.6 Å². The zero-order valence-electron chi connectivity index (χ0n) is 14.7. The molecule has 0 saturated carbocycles. The molecule has 1 aliphatic heterocycles. The summed E-state index contributed by atoms with van der Waals surface area (Å²) in [5.74, 6) is 1.59. The third-order valence-corrected chi connectivity index (χ3v) is 4.18. The quantitative estimate of drug-likeness (QED) is 0.440. The number of methoxy groups -OCH3 is 1. The second-order valence-electron chi connectivity index (χ2n) is 5.82. The lowest BCUT2D eigenvalue weighted by Gasteiger charge is -2.31. The summed E-state index contributed by atoms with van der Waals surface area (Å²) in [4.78, 5) is 11.3. The maximum atomic E-state index is 5.09. The Morgan fingerprint density at radius 2 is 2.04 bits per heavy atom. The van der Waals surface area contributed by atoms with E-state index in [0.717, 1.165) is 37.6 Å². The zero-order chi connectivity index (χ0) is 16.8. The van der Waals surface area contributed by atoms with Crippen LogP contribution in [0.25, 0.3) is 0 Å². The van der Waals surface area contributed by atoms with Crippen LogP contribution in [0.4, 0.5) is 0 Å². The third-order valence-electron chi connectivity index (χ3n) is 4.18. The molecule has 0 fully saturated rings. The van der Waals surface area contributed by atoms with Crippen LogP contribution in [0, 0.1) is 0 Å². The van der Waals surface area contributed by atoms with Crippen LogP contribution in [0.3, 0.4) is 0 Å². The van der Waals surface area contributed by atoms with Crippen molar-refractivity contribution in [1.29, 1.82) is 0 Å². The van der Waals surface area contributed by atoms with Crippen molar-refractivity contribution in [3.05, 3.63) is 59.3 Å². The fraction of sp³-hybridized carbons (Fsp3) is 0.368. The van der Waals surface area contributed by atoms with Crippen molar-refractivity contribution in [2.24, 2.45) is 4.99 Å². The molecular formula is C19H25IN4O. The van der Waals surface area contributed by atoms with Crippen LogP contribution in [-0.4, -0.2) is 36.0 Å². The van der Waals surface area contributed by atoms with Crippen molar-refractivity contribution in [1.82, 2.24) is 15.2 Å². The molecule has 1 aliphatic rings. The molecule has 2 aromatic rings. The number of aromatic nitrogens is 1. The lowest BCUT2D eigenvalue weighted by molar-refractivity contribution is 0.378. The highest BCUT2D eigenvalue weighted by atomic mass is 127. The van der Waals surface area contributed by atoms with Crippen LogP contribution in [0.15, 0.2) is 47.6 Å². The molecular weight excluding hydrogens is 427 g/mol. The third kappa shape index (κ3) is 5.07. The minimum atomic E-state index is 0. The summed E-state index contributed by atoms with van der Waals surface area (Å²) in [6.45, 7) is 5.46. The number of hydrogen-bond donors (Lipinski definition) is 1. The van der Waals surface area contributed by atoms with Gasteiger partial charge in [-0.3, -0.25) is 0 Å². The topological polar surface area (TPSA) is 49.8 Å². The maximum Gasteiger partial charge on any atom is 0.212 e. The van der Waals surface area contributed by atoms with Gasteiger partial charge in [-0.2, -0.15) is 0 Å². The average molecular weight is 452 g/mol. The minimum Gasteiger partial charge on any atom is -0.481 e. The number of nitrogens with zero attached hydrogens (tertiary/aromatic N) is 3. The van der Waals surface area contributed by atoms with Crippen molar-refractivity contribution in [2.45, 2.75) is 26.4 Å². The second kappa shape index (κ2) is 9.60. The Hall–Kier alpha value is -1.83. The van der Waals surface area contributed by atoms with E-state index in [0.29, 0.717) is 12.4 Å². The van der Waals surface area contributed by atoms with Gasteiger partial charge in [-0.15, -0.1) is 24.0 Å². The van der Waals surface area contributed by atoms with Crippen molar-refractivity contribution < 1.29 is 4.74 Å². The number of guanidine groups is 1. The highest BCUT2D eigenvalue weighted by molar-refractivity contribution is 14.0. The van der Waals surface area contributed by atoms with Crippen LogP contribution >= 0.6 is 24.0 Å². The first-order valence-corrected chi connectivity index (χ1v) is 8.39. The summed E-state index contributed by atoms with van der Waals surface area (Å²) in [6.07, 6.45) is 2.88. The van der Waals surface area contributed by atoms with Gasteiger partial charge >= 0.3 is 0 Å². The van der Waals surface area contributed by atoms with Gasteiger partial charge in [0.25, 0.3) is 0 Å². The fourth-order valence-electron chi connectivity index (χ4n) is 2.89. The number of nitrogens with one attached hydrogen (secondary N) is 1. The molecule has 25 heavy (non-hydrogen) atoms.